The minimum atomic E-state index is -1.11. The van der Waals surface area contributed by atoms with E-state index in [1.165, 1.54) is 17.8 Å². The van der Waals surface area contributed by atoms with Gasteiger partial charge < -0.3 is 9.52 Å². The molecule has 3 aromatic heterocycles. The van der Waals surface area contributed by atoms with Crippen molar-refractivity contribution in [2.75, 3.05) is 0 Å². The zero-order valence-electron chi connectivity index (χ0n) is 18.0. The topological polar surface area (TPSA) is 151 Å². The van der Waals surface area contributed by atoms with Crippen molar-refractivity contribution in [1.29, 1.82) is 0 Å². The van der Waals surface area contributed by atoms with Crippen molar-refractivity contribution < 1.29 is 14.3 Å². The molecule has 3 N–H and O–H groups in total. The van der Waals surface area contributed by atoms with E-state index in [0.717, 1.165) is 15.7 Å². The first-order valence-electron chi connectivity index (χ1n) is 10.2. The average molecular weight is 450 g/mol. The molecule has 170 valence electrons. The van der Waals surface area contributed by atoms with Gasteiger partial charge in [-0.1, -0.05) is 36.8 Å². The van der Waals surface area contributed by atoms with Crippen LogP contribution >= 0.6 is 0 Å². The van der Waals surface area contributed by atoms with Crippen LogP contribution in [-0.2, 0) is 17.9 Å². The average Bonchev–Trinajstić information content (AvgIpc) is 3.47. The van der Waals surface area contributed by atoms with Gasteiger partial charge in [0.1, 0.15) is 5.69 Å². The molecule has 4 aromatic rings. The number of aromatic nitrogens is 5. The van der Waals surface area contributed by atoms with Crippen LogP contribution < -0.4 is 17.0 Å². The molecule has 11 nitrogen and oxygen atoms in total. The second-order valence-corrected chi connectivity index (χ2v) is 7.69. The van der Waals surface area contributed by atoms with Crippen molar-refractivity contribution in [1.82, 2.24) is 24.3 Å². The number of aryl methyl sites for hydroxylation is 1. The highest BCUT2D eigenvalue weighted by Crippen LogP contribution is 2.20. The summed E-state index contributed by atoms with van der Waals surface area (Å²) in [6.45, 7) is 3.22. The van der Waals surface area contributed by atoms with Crippen molar-refractivity contribution in [3.8, 4) is 11.5 Å². The van der Waals surface area contributed by atoms with E-state index < -0.39 is 23.3 Å². The van der Waals surface area contributed by atoms with E-state index in [1.807, 2.05) is 31.2 Å². The molecule has 0 saturated carbocycles. The van der Waals surface area contributed by atoms with E-state index in [-0.39, 0.29) is 24.5 Å². The molecular weight excluding hydrogens is 428 g/mol. The molecular formula is C22H22N6O5. The maximum Gasteiger partial charge on any atom is 0.335 e. The Morgan fingerprint density at radius 2 is 1.97 bits per heavy atom. The Balaban J connectivity index is 1.83. The number of hydrogen-bond acceptors (Lipinski definition) is 6. The molecule has 0 saturated heterocycles. The van der Waals surface area contributed by atoms with Crippen LogP contribution in [-0.4, -0.2) is 35.4 Å². The molecule has 0 radical (unpaired) electrons. The van der Waals surface area contributed by atoms with E-state index in [4.69, 9.17) is 4.42 Å². The summed E-state index contributed by atoms with van der Waals surface area (Å²) >= 11 is 0. The SMILES string of the molecule is Cc1ccc(Cn2c(=O)n(C[C@H](C)C(=O)O)c(=O)[nH]/c2=N\c2cc(-c3ccco3)[nH]n2)cc1. The largest absolute Gasteiger partial charge is 0.481 e. The second kappa shape index (κ2) is 8.99. The number of nitrogens with zero attached hydrogens (tertiary/aromatic N) is 4. The monoisotopic (exact) mass is 450 g/mol. The first kappa shape index (κ1) is 21.8. The summed E-state index contributed by atoms with van der Waals surface area (Å²) in [6, 6.07) is 12.7. The zero-order chi connectivity index (χ0) is 23.5. The lowest BCUT2D eigenvalue weighted by atomic mass is 10.1. The summed E-state index contributed by atoms with van der Waals surface area (Å²) in [4.78, 5) is 44.1. The lowest BCUT2D eigenvalue weighted by Crippen LogP contribution is -2.51. The van der Waals surface area contributed by atoms with Gasteiger partial charge >= 0.3 is 17.3 Å². The fourth-order valence-corrected chi connectivity index (χ4v) is 3.21. The van der Waals surface area contributed by atoms with E-state index in [1.54, 1.807) is 18.2 Å². The van der Waals surface area contributed by atoms with Crippen molar-refractivity contribution in [2.24, 2.45) is 10.9 Å². The molecule has 4 rings (SSSR count). The molecule has 0 spiro atoms. The van der Waals surface area contributed by atoms with E-state index >= 15 is 0 Å². The van der Waals surface area contributed by atoms with Gasteiger partial charge in [0.2, 0.25) is 5.62 Å². The molecule has 0 aliphatic heterocycles. The Hall–Kier alpha value is -4.41. The minimum Gasteiger partial charge on any atom is -0.481 e. The maximum absolute atomic E-state index is 13.2. The fourth-order valence-electron chi connectivity index (χ4n) is 3.21. The van der Waals surface area contributed by atoms with Gasteiger partial charge in [-0.3, -0.25) is 19.4 Å². The van der Waals surface area contributed by atoms with Gasteiger partial charge in [-0.05, 0) is 24.6 Å². The van der Waals surface area contributed by atoms with Crippen molar-refractivity contribution in [3.05, 3.63) is 86.4 Å². The normalized spacial score (nSPS) is 12.7. The Bertz CT molecular complexity index is 1450. The number of H-pyrrole nitrogens is 2. The quantitative estimate of drug-likeness (QED) is 0.389. The van der Waals surface area contributed by atoms with Crippen LogP contribution in [0.25, 0.3) is 11.5 Å². The summed E-state index contributed by atoms with van der Waals surface area (Å²) in [5.74, 6) is -1.25. The highest BCUT2D eigenvalue weighted by atomic mass is 16.4. The van der Waals surface area contributed by atoms with Gasteiger partial charge in [0.15, 0.2) is 11.6 Å². The van der Waals surface area contributed by atoms with Crippen molar-refractivity contribution >= 4 is 11.8 Å². The number of aliphatic carboxylic acids is 1. The summed E-state index contributed by atoms with van der Waals surface area (Å²) in [6.07, 6.45) is 1.53. The predicted octanol–water partition coefficient (Wildman–Crippen LogP) is 1.63. The van der Waals surface area contributed by atoms with Crippen LogP contribution in [0.5, 0.6) is 0 Å². The Kier molecular flexibility index (Phi) is 5.94. The van der Waals surface area contributed by atoms with Gasteiger partial charge in [-0.15, -0.1) is 0 Å². The highest BCUT2D eigenvalue weighted by Gasteiger charge is 2.17. The van der Waals surface area contributed by atoms with E-state index in [2.05, 4.69) is 20.2 Å². The summed E-state index contributed by atoms with van der Waals surface area (Å²) in [7, 11) is 0. The van der Waals surface area contributed by atoms with Crippen LogP contribution in [0.15, 0.2) is 67.7 Å². The molecule has 0 bridgehead atoms. The third kappa shape index (κ3) is 4.76. The van der Waals surface area contributed by atoms with E-state index in [0.29, 0.717) is 11.5 Å². The number of rotatable bonds is 7. The Morgan fingerprint density at radius 3 is 2.64 bits per heavy atom. The van der Waals surface area contributed by atoms with Crippen LogP contribution in [0, 0.1) is 12.8 Å². The first-order valence-corrected chi connectivity index (χ1v) is 10.2. The smallest absolute Gasteiger partial charge is 0.335 e. The third-order valence-electron chi connectivity index (χ3n) is 5.09. The second-order valence-electron chi connectivity index (χ2n) is 7.69. The van der Waals surface area contributed by atoms with Gasteiger partial charge in [0.05, 0.1) is 18.7 Å². The number of carboxylic acids is 1. The minimum absolute atomic E-state index is 0.0118. The number of carboxylic acid groups (broad SMARTS) is 1. The summed E-state index contributed by atoms with van der Waals surface area (Å²) in [5.41, 5.74) is 1.01. The van der Waals surface area contributed by atoms with Gasteiger partial charge in [0, 0.05) is 12.6 Å². The molecule has 0 amide bonds. The molecule has 1 atom stereocenters. The van der Waals surface area contributed by atoms with Crippen LogP contribution in [0.3, 0.4) is 0 Å². The molecule has 0 unspecified atom stereocenters. The summed E-state index contributed by atoms with van der Waals surface area (Å²) in [5, 5.41) is 16.1. The van der Waals surface area contributed by atoms with Crippen molar-refractivity contribution in [2.45, 2.75) is 26.9 Å². The Morgan fingerprint density at radius 1 is 1.21 bits per heavy atom. The Labute approximate surface area is 186 Å². The molecule has 0 fully saturated rings. The molecule has 0 aliphatic carbocycles. The number of benzene rings is 1. The van der Waals surface area contributed by atoms with Gasteiger partial charge in [0.25, 0.3) is 0 Å². The van der Waals surface area contributed by atoms with Crippen LogP contribution in [0.1, 0.15) is 18.1 Å². The molecule has 3 heterocycles. The molecule has 1 aromatic carbocycles. The van der Waals surface area contributed by atoms with Crippen LogP contribution in [0.2, 0.25) is 0 Å². The van der Waals surface area contributed by atoms with Gasteiger partial charge in [-0.2, -0.15) is 10.1 Å². The number of carbonyl (C=O) groups is 1. The lowest BCUT2D eigenvalue weighted by Gasteiger charge is -2.12. The zero-order valence-corrected chi connectivity index (χ0v) is 18.0. The fraction of sp³-hybridized carbons (Fsp3) is 0.227. The third-order valence-corrected chi connectivity index (χ3v) is 5.09. The molecule has 33 heavy (non-hydrogen) atoms. The maximum atomic E-state index is 13.2. The summed E-state index contributed by atoms with van der Waals surface area (Å²) < 4.78 is 7.47. The van der Waals surface area contributed by atoms with Gasteiger partial charge in [-0.25, -0.2) is 14.2 Å². The number of nitrogens with one attached hydrogen (secondary N) is 2. The van der Waals surface area contributed by atoms with Crippen molar-refractivity contribution in [3.63, 3.8) is 0 Å². The molecule has 0 aliphatic rings. The number of furan rings is 1. The van der Waals surface area contributed by atoms with E-state index in [9.17, 15) is 19.5 Å². The predicted molar refractivity (Wildman–Crippen MR) is 118 cm³/mol. The number of hydrogen-bond donors (Lipinski definition) is 3. The molecule has 11 heteroatoms. The first-order chi connectivity index (χ1) is 15.8. The number of aromatic amines is 2. The highest BCUT2D eigenvalue weighted by molar-refractivity contribution is 5.69. The van der Waals surface area contributed by atoms with Crippen LogP contribution in [0.4, 0.5) is 5.82 Å². The lowest BCUT2D eigenvalue weighted by molar-refractivity contribution is -0.141. The standard InChI is InChI=1S/C22H22N6O5/c1-13-5-7-15(8-6-13)12-27-20(23-18-10-16(25-26-18)17-4-3-9-33-17)24-21(31)28(22(27)32)11-14(2)19(29)30/h3-10,14H,11-12H2,1-2H3,(H,29,30)(H2,23,24,25,26,31)/t14-/m0/s1.